The van der Waals surface area contributed by atoms with E-state index in [4.69, 9.17) is 0 Å². The van der Waals surface area contributed by atoms with E-state index in [1.807, 2.05) is 26.1 Å². The van der Waals surface area contributed by atoms with E-state index in [1.54, 1.807) is 17.3 Å². The number of carbonyl (C=O) groups excluding carboxylic acids is 1. The predicted octanol–water partition coefficient (Wildman–Crippen LogP) is 1.18. The second-order valence-corrected chi connectivity index (χ2v) is 4.88. The van der Waals surface area contributed by atoms with Crippen molar-refractivity contribution in [2.24, 2.45) is 0 Å². The lowest BCUT2D eigenvalue weighted by Crippen LogP contribution is -2.51. The van der Waals surface area contributed by atoms with E-state index in [1.165, 1.54) is 0 Å². The van der Waals surface area contributed by atoms with E-state index < -0.39 is 0 Å². The van der Waals surface area contributed by atoms with Crippen LogP contribution in [0.2, 0.25) is 0 Å². The van der Waals surface area contributed by atoms with Crippen LogP contribution in [-0.2, 0) is 11.3 Å². The van der Waals surface area contributed by atoms with E-state index in [0.29, 0.717) is 6.54 Å². The highest BCUT2D eigenvalue weighted by molar-refractivity contribution is 5.86. The van der Waals surface area contributed by atoms with Gasteiger partial charge in [0.1, 0.15) is 0 Å². The minimum absolute atomic E-state index is 0.166. The van der Waals surface area contributed by atoms with Crippen LogP contribution in [0.5, 0.6) is 0 Å². The third-order valence-corrected chi connectivity index (χ3v) is 3.33. The molecule has 1 fully saturated rings. The maximum Gasteiger partial charge on any atom is 0.242 e. The Hall–Kier alpha value is -1.42. The molecule has 2 heterocycles. The highest BCUT2D eigenvalue weighted by atomic mass is 16.2. The molecule has 17 heavy (non-hydrogen) atoms. The standard InChI is InChI=1S/C13H19N3O/c1-13(6-4-8-15-13)12(17)16(2)10-11-5-3-7-14-9-11/h3,5,7,9,15H,4,6,8,10H2,1-2H3. The van der Waals surface area contributed by atoms with Crippen molar-refractivity contribution in [2.75, 3.05) is 13.6 Å². The third kappa shape index (κ3) is 2.64. The Kier molecular flexibility index (Phi) is 3.43. The summed E-state index contributed by atoms with van der Waals surface area (Å²) in [6, 6.07) is 3.88. The summed E-state index contributed by atoms with van der Waals surface area (Å²) in [4.78, 5) is 18.1. The first kappa shape index (κ1) is 12.0. The summed E-state index contributed by atoms with van der Waals surface area (Å²) in [7, 11) is 1.85. The first-order valence-corrected chi connectivity index (χ1v) is 6.01. The summed E-state index contributed by atoms with van der Waals surface area (Å²) >= 11 is 0. The van der Waals surface area contributed by atoms with Crippen LogP contribution in [0, 0.1) is 0 Å². The number of hydrogen-bond donors (Lipinski definition) is 1. The Labute approximate surface area is 102 Å². The van der Waals surface area contributed by atoms with Crippen molar-refractivity contribution in [2.45, 2.75) is 31.8 Å². The zero-order chi connectivity index (χ0) is 12.3. The lowest BCUT2D eigenvalue weighted by atomic mass is 9.98. The Morgan fingerprint density at radius 3 is 3.06 bits per heavy atom. The van der Waals surface area contributed by atoms with Crippen molar-refractivity contribution in [1.29, 1.82) is 0 Å². The molecule has 1 aliphatic heterocycles. The number of amides is 1. The molecule has 0 spiro atoms. The average molecular weight is 233 g/mol. The van der Waals surface area contributed by atoms with Crippen molar-refractivity contribution in [3.63, 3.8) is 0 Å². The monoisotopic (exact) mass is 233 g/mol. The molecule has 0 radical (unpaired) electrons. The number of nitrogens with zero attached hydrogens (tertiary/aromatic N) is 2. The van der Waals surface area contributed by atoms with Crippen LogP contribution in [0.1, 0.15) is 25.3 Å². The minimum atomic E-state index is -0.378. The molecule has 0 saturated carbocycles. The maximum absolute atomic E-state index is 12.3. The van der Waals surface area contributed by atoms with Gasteiger partial charge in [-0.05, 0) is 37.9 Å². The Morgan fingerprint density at radius 1 is 1.65 bits per heavy atom. The van der Waals surface area contributed by atoms with Crippen LogP contribution >= 0.6 is 0 Å². The number of aromatic nitrogens is 1. The summed E-state index contributed by atoms with van der Waals surface area (Å²) < 4.78 is 0. The quantitative estimate of drug-likeness (QED) is 0.852. The number of hydrogen-bond acceptors (Lipinski definition) is 3. The van der Waals surface area contributed by atoms with Crippen molar-refractivity contribution >= 4 is 5.91 Å². The fourth-order valence-corrected chi connectivity index (χ4v) is 2.34. The second-order valence-electron chi connectivity index (χ2n) is 4.88. The fraction of sp³-hybridized carbons (Fsp3) is 0.538. The zero-order valence-corrected chi connectivity index (χ0v) is 10.4. The number of pyridine rings is 1. The molecule has 2 rings (SSSR count). The Balaban J connectivity index is 2.00. The van der Waals surface area contributed by atoms with Crippen LogP contribution in [-0.4, -0.2) is 34.9 Å². The van der Waals surface area contributed by atoms with Crippen molar-refractivity contribution in [3.8, 4) is 0 Å². The number of rotatable bonds is 3. The van der Waals surface area contributed by atoms with Crippen molar-refractivity contribution < 1.29 is 4.79 Å². The van der Waals surface area contributed by atoms with Crippen LogP contribution in [0.25, 0.3) is 0 Å². The molecule has 0 aliphatic carbocycles. The number of likely N-dealkylation sites (N-methyl/N-ethyl adjacent to an activating group) is 1. The van der Waals surface area contributed by atoms with Gasteiger partial charge < -0.3 is 10.2 Å². The van der Waals surface area contributed by atoms with Gasteiger partial charge in [-0.25, -0.2) is 0 Å². The molecule has 1 amide bonds. The molecular formula is C13H19N3O. The summed E-state index contributed by atoms with van der Waals surface area (Å²) in [6.45, 7) is 3.54. The van der Waals surface area contributed by atoms with Crippen LogP contribution in [0.4, 0.5) is 0 Å². The second kappa shape index (κ2) is 4.84. The van der Waals surface area contributed by atoms with Gasteiger partial charge >= 0.3 is 0 Å². The van der Waals surface area contributed by atoms with Crippen LogP contribution in [0.3, 0.4) is 0 Å². The predicted molar refractivity (Wildman–Crippen MR) is 66.4 cm³/mol. The van der Waals surface area contributed by atoms with Crippen LogP contribution < -0.4 is 5.32 Å². The molecule has 1 saturated heterocycles. The molecule has 0 aromatic carbocycles. The van der Waals surface area contributed by atoms with Gasteiger partial charge in [0.25, 0.3) is 0 Å². The van der Waals surface area contributed by atoms with Gasteiger partial charge in [-0.1, -0.05) is 6.07 Å². The first-order valence-electron chi connectivity index (χ1n) is 6.01. The number of nitrogens with one attached hydrogen (secondary N) is 1. The first-order chi connectivity index (χ1) is 8.12. The summed E-state index contributed by atoms with van der Waals surface area (Å²) in [5, 5.41) is 3.29. The molecular weight excluding hydrogens is 214 g/mol. The van der Waals surface area contributed by atoms with E-state index in [-0.39, 0.29) is 11.4 Å². The third-order valence-electron chi connectivity index (χ3n) is 3.33. The average Bonchev–Trinajstić information content (AvgIpc) is 2.78. The Morgan fingerprint density at radius 2 is 2.47 bits per heavy atom. The SMILES string of the molecule is CN(Cc1cccnc1)C(=O)C1(C)CCCN1. The highest BCUT2D eigenvalue weighted by Gasteiger charge is 2.37. The van der Waals surface area contributed by atoms with Gasteiger partial charge in [-0.2, -0.15) is 0 Å². The highest BCUT2D eigenvalue weighted by Crippen LogP contribution is 2.21. The van der Waals surface area contributed by atoms with Crippen molar-refractivity contribution in [1.82, 2.24) is 15.2 Å². The molecule has 92 valence electrons. The van der Waals surface area contributed by atoms with Gasteiger partial charge in [0.2, 0.25) is 5.91 Å². The van der Waals surface area contributed by atoms with E-state index >= 15 is 0 Å². The lowest BCUT2D eigenvalue weighted by molar-refractivity contribution is -0.136. The van der Waals surface area contributed by atoms with Crippen LogP contribution in [0.15, 0.2) is 24.5 Å². The molecule has 1 N–H and O–H groups in total. The van der Waals surface area contributed by atoms with E-state index in [2.05, 4.69) is 10.3 Å². The topological polar surface area (TPSA) is 45.2 Å². The summed E-state index contributed by atoms with van der Waals surface area (Å²) in [6.07, 6.45) is 5.53. The zero-order valence-electron chi connectivity index (χ0n) is 10.4. The molecule has 0 bridgehead atoms. The molecule has 1 atom stereocenters. The van der Waals surface area contributed by atoms with Gasteiger partial charge in [0, 0.05) is 26.0 Å². The lowest BCUT2D eigenvalue weighted by Gasteiger charge is -2.29. The van der Waals surface area contributed by atoms with Gasteiger partial charge in [0.15, 0.2) is 0 Å². The largest absolute Gasteiger partial charge is 0.340 e. The van der Waals surface area contributed by atoms with Gasteiger partial charge in [0.05, 0.1) is 5.54 Å². The van der Waals surface area contributed by atoms with E-state index in [9.17, 15) is 4.79 Å². The smallest absolute Gasteiger partial charge is 0.242 e. The minimum Gasteiger partial charge on any atom is -0.340 e. The maximum atomic E-state index is 12.3. The normalized spacial score (nSPS) is 23.6. The molecule has 1 aromatic rings. The molecule has 1 unspecified atom stereocenters. The fourth-order valence-electron chi connectivity index (χ4n) is 2.34. The molecule has 1 aromatic heterocycles. The molecule has 4 nitrogen and oxygen atoms in total. The summed E-state index contributed by atoms with van der Waals surface area (Å²) in [5.74, 6) is 0.166. The summed E-state index contributed by atoms with van der Waals surface area (Å²) in [5.41, 5.74) is 0.682. The Bertz CT molecular complexity index is 385. The van der Waals surface area contributed by atoms with E-state index in [0.717, 1.165) is 24.9 Å². The van der Waals surface area contributed by atoms with Gasteiger partial charge in [-0.3, -0.25) is 9.78 Å². The molecule has 4 heteroatoms. The van der Waals surface area contributed by atoms with Gasteiger partial charge in [-0.15, -0.1) is 0 Å². The molecule has 1 aliphatic rings. The van der Waals surface area contributed by atoms with Crippen molar-refractivity contribution in [3.05, 3.63) is 30.1 Å². The number of carbonyl (C=O) groups is 1.